The average molecular weight is 480 g/mol. The Morgan fingerprint density at radius 1 is 1.12 bits per heavy atom. The highest BCUT2D eigenvalue weighted by atomic mass is 19.3. The van der Waals surface area contributed by atoms with Gasteiger partial charge in [-0.3, -0.25) is 0 Å². The number of halogens is 4. The summed E-state index contributed by atoms with van der Waals surface area (Å²) >= 11 is 0. The number of ether oxygens (including phenoxy) is 2. The van der Waals surface area contributed by atoms with Crippen LogP contribution in [0.4, 0.5) is 35.1 Å². The lowest BCUT2D eigenvalue weighted by molar-refractivity contribution is -0.0495. The standard InChI is InChI=1S/C22H24F4N6O2/c23-20(24)34-17-3-11(7-28-19(17)27)16-5-18(31-9-15-2-1-13(31)10-33-15)30-21(29-16)32-8-12-4-14(32)6-22(12,25)26/h3,5,7,12-15,20H,1-2,4,6,8-10H2,(H2,27,28)/t12?,13-,14?,15-/m0/s1. The van der Waals surface area contributed by atoms with E-state index < -0.39 is 18.5 Å². The van der Waals surface area contributed by atoms with Crippen molar-refractivity contribution in [3.05, 3.63) is 18.3 Å². The highest BCUT2D eigenvalue weighted by molar-refractivity contribution is 5.68. The summed E-state index contributed by atoms with van der Waals surface area (Å²) in [6, 6.07) is 2.95. The molecule has 5 aliphatic rings. The maximum atomic E-state index is 14.1. The number of fused-ring (bicyclic) bond motifs is 5. The molecule has 2 N–H and O–H groups in total. The van der Waals surface area contributed by atoms with E-state index in [4.69, 9.17) is 15.5 Å². The largest absolute Gasteiger partial charge is 0.431 e. The molecule has 7 rings (SSSR count). The third kappa shape index (κ3) is 3.68. The molecule has 4 atom stereocenters. The van der Waals surface area contributed by atoms with Gasteiger partial charge in [0.05, 0.1) is 24.4 Å². The van der Waals surface area contributed by atoms with Crippen molar-refractivity contribution in [2.75, 3.05) is 35.2 Å². The Labute approximate surface area is 193 Å². The number of aromatic nitrogens is 3. The molecule has 4 bridgehead atoms. The third-order valence-electron chi connectivity index (χ3n) is 7.35. The molecule has 1 saturated carbocycles. The number of morpholine rings is 1. The zero-order chi connectivity index (χ0) is 23.6. The SMILES string of the molecule is Nc1ncc(-c2cc(N3C[C@@H]4CC[C@H]3CO4)nc(N3CC4CC3CC4(F)F)n2)cc1OC(F)F. The number of pyridine rings is 1. The summed E-state index contributed by atoms with van der Waals surface area (Å²) < 4.78 is 64.3. The minimum absolute atomic E-state index is 0.109. The van der Waals surface area contributed by atoms with Gasteiger partial charge >= 0.3 is 6.61 Å². The van der Waals surface area contributed by atoms with Crippen LogP contribution in [0.5, 0.6) is 5.75 Å². The van der Waals surface area contributed by atoms with Crippen molar-refractivity contribution in [1.29, 1.82) is 0 Å². The second-order valence-electron chi connectivity index (χ2n) is 9.44. The van der Waals surface area contributed by atoms with Gasteiger partial charge in [-0.1, -0.05) is 0 Å². The molecule has 0 amide bonds. The average Bonchev–Trinajstić information content (AvgIpc) is 3.37. The Morgan fingerprint density at radius 3 is 2.59 bits per heavy atom. The lowest BCUT2D eigenvalue weighted by Gasteiger charge is -2.46. The molecule has 34 heavy (non-hydrogen) atoms. The Kier molecular flexibility index (Phi) is 4.98. The molecule has 12 heteroatoms. The molecule has 0 aromatic carbocycles. The molecule has 0 spiro atoms. The lowest BCUT2D eigenvalue weighted by Crippen LogP contribution is -2.55. The Morgan fingerprint density at radius 2 is 1.97 bits per heavy atom. The van der Waals surface area contributed by atoms with Gasteiger partial charge in [0.25, 0.3) is 5.92 Å². The van der Waals surface area contributed by atoms with Gasteiger partial charge in [0.15, 0.2) is 11.6 Å². The number of hydrogen-bond donors (Lipinski definition) is 1. The van der Waals surface area contributed by atoms with Crippen molar-refractivity contribution in [2.24, 2.45) is 5.92 Å². The van der Waals surface area contributed by atoms with E-state index in [0.29, 0.717) is 42.6 Å². The Hall–Kier alpha value is -2.89. The van der Waals surface area contributed by atoms with Gasteiger partial charge < -0.3 is 25.0 Å². The summed E-state index contributed by atoms with van der Waals surface area (Å²) in [5, 5.41) is 0. The molecule has 5 fully saturated rings. The first-order chi connectivity index (χ1) is 16.3. The van der Waals surface area contributed by atoms with Crippen LogP contribution in [0, 0.1) is 5.92 Å². The van der Waals surface area contributed by atoms with Gasteiger partial charge in [-0.05, 0) is 25.3 Å². The summed E-state index contributed by atoms with van der Waals surface area (Å²) in [5.41, 5.74) is 6.55. The van der Waals surface area contributed by atoms with Crippen LogP contribution in [-0.2, 0) is 4.74 Å². The molecule has 4 saturated heterocycles. The van der Waals surface area contributed by atoms with E-state index >= 15 is 0 Å². The maximum absolute atomic E-state index is 14.1. The van der Waals surface area contributed by atoms with E-state index in [1.54, 1.807) is 6.07 Å². The fourth-order valence-corrected chi connectivity index (χ4v) is 5.60. The van der Waals surface area contributed by atoms with E-state index in [-0.39, 0.29) is 42.7 Å². The smallest absolute Gasteiger partial charge is 0.387 e. The first kappa shape index (κ1) is 21.6. The number of nitrogen functional groups attached to an aromatic ring is 1. The molecule has 6 heterocycles. The molecule has 182 valence electrons. The molecular weight excluding hydrogens is 456 g/mol. The zero-order valence-electron chi connectivity index (χ0n) is 18.2. The van der Waals surface area contributed by atoms with E-state index in [9.17, 15) is 17.6 Å². The van der Waals surface area contributed by atoms with Gasteiger partial charge in [0.2, 0.25) is 5.95 Å². The summed E-state index contributed by atoms with van der Waals surface area (Å²) in [7, 11) is 0. The predicted octanol–water partition coefficient (Wildman–Crippen LogP) is 3.32. The molecular formula is C22H24F4N6O2. The highest BCUT2D eigenvalue weighted by Gasteiger charge is 2.56. The predicted molar refractivity (Wildman–Crippen MR) is 115 cm³/mol. The van der Waals surface area contributed by atoms with Crippen LogP contribution in [0.2, 0.25) is 0 Å². The summed E-state index contributed by atoms with van der Waals surface area (Å²) in [5.74, 6) is -2.81. The van der Waals surface area contributed by atoms with Crippen LogP contribution in [0.25, 0.3) is 11.3 Å². The van der Waals surface area contributed by atoms with E-state index in [2.05, 4.69) is 19.6 Å². The van der Waals surface area contributed by atoms with Crippen LogP contribution in [0.3, 0.4) is 0 Å². The molecule has 2 unspecified atom stereocenters. The normalized spacial score (nSPS) is 29.3. The summed E-state index contributed by atoms with van der Waals surface area (Å²) in [6.45, 7) is -1.61. The van der Waals surface area contributed by atoms with Gasteiger partial charge in [-0.15, -0.1) is 0 Å². The quantitative estimate of drug-likeness (QED) is 0.652. The van der Waals surface area contributed by atoms with E-state index in [0.717, 1.165) is 12.8 Å². The number of hydrogen-bond acceptors (Lipinski definition) is 8. The van der Waals surface area contributed by atoms with E-state index in [1.165, 1.54) is 12.3 Å². The number of piperidine rings is 2. The summed E-state index contributed by atoms with van der Waals surface area (Å²) in [6.07, 6.45) is 3.66. The minimum Gasteiger partial charge on any atom is -0.431 e. The minimum atomic E-state index is -3.05. The van der Waals surface area contributed by atoms with Gasteiger partial charge in [-0.25, -0.2) is 18.7 Å². The zero-order valence-corrected chi connectivity index (χ0v) is 18.2. The molecule has 8 nitrogen and oxygen atoms in total. The van der Waals surface area contributed by atoms with Crippen molar-refractivity contribution < 1.29 is 27.0 Å². The highest BCUT2D eigenvalue weighted by Crippen LogP contribution is 2.49. The fourth-order valence-electron chi connectivity index (χ4n) is 5.60. The second kappa shape index (κ2) is 7.82. The van der Waals surface area contributed by atoms with Crippen molar-refractivity contribution in [2.45, 2.75) is 56.4 Å². The number of nitrogens with two attached hydrogens (primary N) is 1. The van der Waals surface area contributed by atoms with Gasteiger partial charge in [0.1, 0.15) is 5.82 Å². The van der Waals surface area contributed by atoms with Crippen molar-refractivity contribution in [3.63, 3.8) is 0 Å². The van der Waals surface area contributed by atoms with Crippen LogP contribution in [-0.4, -0.2) is 65.4 Å². The first-order valence-corrected chi connectivity index (χ1v) is 11.4. The third-order valence-corrected chi connectivity index (χ3v) is 7.35. The van der Waals surface area contributed by atoms with E-state index in [1.807, 2.05) is 4.90 Å². The second-order valence-corrected chi connectivity index (χ2v) is 9.44. The van der Waals surface area contributed by atoms with Crippen LogP contribution < -0.4 is 20.3 Å². The molecule has 2 aromatic rings. The van der Waals surface area contributed by atoms with Crippen molar-refractivity contribution >= 4 is 17.6 Å². The Balaban J connectivity index is 1.40. The van der Waals surface area contributed by atoms with Crippen LogP contribution in [0.1, 0.15) is 25.7 Å². The van der Waals surface area contributed by atoms with Crippen LogP contribution in [0.15, 0.2) is 18.3 Å². The van der Waals surface area contributed by atoms with Crippen molar-refractivity contribution in [1.82, 2.24) is 15.0 Å². The number of nitrogens with zero attached hydrogens (tertiary/aromatic N) is 5. The fraction of sp³-hybridized carbons (Fsp3) is 0.591. The monoisotopic (exact) mass is 480 g/mol. The maximum Gasteiger partial charge on any atom is 0.387 e. The molecule has 4 aliphatic heterocycles. The Bertz CT molecular complexity index is 1100. The molecule has 0 radical (unpaired) electrons. The molecule has 1 aliphatic carbocycles. The number of anilines is 3. The first-order valence-electron chi connectivity index (χ1n) is 11.4. The lowest BCUT2D eigenvalue weighted by atomic mass is 9.97. The van der Waals surface area contributed by atoms with Gasteiger partial charge in [-0.2, -0.15) is 13.8 Å². The number of rotatable bonds is 5. The molecule has 2 aromatic heterocycles. The van der Waals surface area contributed by atoms with Crippen LogP contribution >= 0.6 is 0 Å². The summed E-state index contributed by atoms with van der Waals surface area (Å²) in [4.78, 5) is 17.4. The topological polar surface area (TPSA) is 89.6 Å². The van der Waals surface area contributed by atoms with Crippen molar-refractivity contribution in [3.8, 4) is 17.0 Å². The number of alkyl halides is 4. The van der Waals surface area contributed by atoms with Gasteiger partial charge in [0, 0.05) is 49.3 Å².